The minimum Gasteiger partial charge on any atom is -0.359 e. The monoisotopic (exact) mass is 645 g/mol. The van der Waals surface area contributed by atoms with Crippen LogP contribution < -0.4 is 5.73 Å². The van der Waals surface area contributed by atoms with Gasteiger partial charge in [0.2, 0.25) is 0 Å². The van der Waals surface area contributed by atoms with Crippen LogP contribution in [0.15, 0.2) is 93.7 Å². The minimum absolute atomic E-state index is 0.0103. The Kier molecular flexibility index (Phi) is 7.95. The van der Waals surface area contributed by atoms with Crippen molar-refractivity contribution in [3.63, 3.8) is 0 Å². The topological polar surface area (TPSA) is 121 Å². The van der Waals surface area contributed by atoms with Crippen molar-refractivity contribution in [3.05, 3.63) is 114 Å². The molecule has 48 heavy (non-hydrogen) atoms. The van der Waals surface area contributed by atoms with E-state index in [4.69, 9.17) is 25.2 Å². The van der Waals surface area contributed by atoms with Gasteiger partial charge in [0.1, 0.15) is 5.54 Å². The predicted octanol–water partition coefficient (Wildman–Crippen LogP) is 6.37. The molecule has 9 nitrogen and oxygen atoms in total. The summed E-state index contributed by atoms with van der Waals surface area (Å²) in [4.78, 5) is 9.95. The molecule has 9 heteroatoms. The maximum Gasteiger partial charge on any atom is 0.163 e. The van der Waals surface area contributed by atoms with Gasteiger partial charge < -0.3 is 20.2 Å². The number of nitrogens with zero attached hydrogens (tertiary/aromatic N) is 5. The van der Waals surface area contributed by atoms with E-state index in [9.17, 15) is 0 Å². The second kappa shape index (κ2) is 11.8. The number of aryl methyl sites for hydroxylation is 2. The summed E-state index contributed by atoms with van der Waals surface area (Å²) in [5.74, 6) is 1.74. The SMILES string of the molecule is C=CCN(CC=C=CCN(CC=C)C1c2onc(CC)c2C2=NC23C1CC=CC3(C)C)C1c2onc(C)c2C(=N)C2(N)C(=C)C=CCC12. The Labute approximate surface area is 283 Å². The zero-order valence-corrected chi connectivity index (χ0v) is 28.6. The third-order valence-electron chi connectivity index (χ3n) is 11.5. The first kappa shape index (κ1) is 32.4. The highest BCUT2D eigenvalue weighted by Crippen LogP contribution is 2.64. The number of aromatic nitrogens is 2. The van der Waals surface area contributed by atoms with Crippen molar-refractivity contribution in [2.45, 2.75) is 70.1 Å². The number of nitrogens with two attached hydrogens (primary N) is 1. The third kappa shape index (κ3) is 4.48. The molecule has 2 aromatic heterocycles. The van der Waals surface area contributed by atoms with Crippen LogP contribution in [-0.2, 0) is 6.42 Å². The van der Waals surface area contributed by atoms with Gasteiger partial charge in [0, 0.05) is 43.4 Å². The van der Waals surface area contributed by atoms with E-state index in [1.54, 1.807) is 0 Å². The van der Waals surface area contributed by atoms with Gasteiger partial charge >= 0.3 is 0 Å². The van der Waals surface area contributed by atoms with Gasteiger partial charge in [-0.15, -0.1) is 18.9 Å². The standard InChI is InChI=1S/C39H47N7O2/c1-8-20-45(31-26-17-14-16-24(4)38(26,41)35(40)29-25(5)43-47-33(29)31)22-12-11-13-23-46(21-9-2)32-27-18-15-19-37(6,7)39(27)36(42-39)30-28(10-3)44-48-34(30)32/h8-9,12-16,19,26-27,31-32,40H,1-2,4,10,17-18,20-23,41H2,3,5-7H3. The number of hydrogen-bond donors (Lipinski definition) is 2. The lowest BCUT2D eigenvalue weighted by molar-refractivity contribution is 0.0820. The zero-order valence-electron chi connectivity index (χ0n) is 28.6. The molecule has 7 rings (SSSR count). The highest BCUT2D eigenvalue weighted by atomic mass is 16.5. The highest BCUT2D eigenvalue weighted by Gasteiger charge is 2.69. The normalized spacial score (nSPS) is 30.4. The quantitative estimate of drug-likeness (QED) is 0.215. The molecule has 250 valence electrons. The van der Waals surface area contributed by atoms with Crippen LogP contribution in [0, 0.1) is 29.6 Å². The molecule has 3 heterocycles. The Hall–Kier alpha value is -4.14. The van der Waals surface area contributed by atoms with E-state index in [-0.39, 0.29) is 34.9 Å². The molecule has 0 fully saturated rings. The van der Waals surface area contributed by atoms with Crippen molar-refractivity contribution in [1.29, 1.82) is 5.41 Å². The first-order valence-corrected chi connectivity index (χ1v) is 17.1. The first-order valence-electron chi connectivity index (χ1n) is 17.1. The highest BCUT2D eigenvalue weighted by molar-refractivity contribution is 6.20. The molecule has 0 aromatic carbocycles. The van der Waals surface area contributed by atoms with Gasteiger partial charge in [-0.25, -0.2) is 0 Å². The summed E-state index contributed by atoms with van der Waals surface area (Å²) >= 11 is 0. The van der Waals surface area contributed by atoms with Crippen molar-refractivity contribution in [2.75, 3.05) is 26.2 Å². The van der Waals surface area contributed by atoms with E-state index in [0.717, 1.165) is 35.4 Å². The van der Waals surface area contributed by atoms with E-state index in [1.807, 2.05) is 25.2 Å². The van der Waals surface area contributed by atoms with Gasteiger partial charge in [-0.05, 0) is 43.9 Å². The van der Waals surface area contributed by atoms with Crippen LogP contribution >= 0.6 is 0 Å². The van der Waals surface area contributed by atoms with E-state index < -0.39 is 5.54 Å². The molecule has 1 spiro atoms. The first-order chi connectivity index (χ1) is 23.1. The van der Waals surface area contributed by atoms with Crippen molar-refractivity contribution in [1.82, 2.24) is 20.1 Å². The summed E-state index contributed by atoms with van der Waals surface area (Å²) in [5, 5.41) is 17.9. The van der Waals surface area contributed by atoms with Gasteiger partial charge in [0.15, 0.2) is 11.5 Å². The molecule has 1 aliphatic heterocycles. The Morgan fingerprint density at radius 3 is 2.27 bits per heavy atom. The summed E-state index contributed by atoms with van der Waals surface area (Å²) in [5.41, 5.74) is 14.9. The molecule has 0 radical (unpaired) electrons. The Morgan fingerprint density at radius 2 is 1.60 bits per heavy atom. The Balaban J connectivity index is 1.17. The lowest BCUT2D eigenvalue weighted by atomic mass is 9.58. The molecular formula is C39H47N7O2. The second-order valence-electron chi connectivity index (χ2n) is 14.4. The lowest BCUT2D eigenvalue weighted by Gasteiger charge is -2.49. The van der Waals surface area contributed by atoms with E-state index >= 15 is 0 Å². The fourth-order valence-electron chi connectivity index (χ4n) is 9.09. The zero-order chi connectivity index (χ0) is 34.0. The number of allylic oxidation sites excluding steroid dienone is 2. The number of nitrogens with one attached hydrogen (secondary N) is 1. The summed E-state index contributed by atoms with van der Waals surface area (Å²) in [7, 11) is 0. The predicted molar refractivity (Wildman–Crippen MR) is 189 cm³/mol. The summed E-state index contributed by atoms with van der Waals surface area (Å²) < 4.78 is 12.1. The molecule has 6 unspecified atom stereocenters. The van der Waals surface area contributed by atoms with Gasteiger partial charge in [-0.2, -0.15) is 0 Å². The van der Waals surface area contributed by atoms with Gasteiger partial charge in [-0.3, -0.25) is 14.8 Å². The van der Waals surface area contributed by atoms with Crippen LogP contribution in [0.1, 0.15) is 79.7 Å². The average molecular weight is 646 g/mol. The van der Waals surface area contributed by atoms with Crippen molar-refractivity contribution in [2.24, 2.45) is 28.0 Å². The molecular weight excluding hydrogens is 598 g/mol. The fourth-order valence-corrected chi connectivity index (χ4v) is 9.09. The molecule has 0 bridgehead atoms. The fraction of sp³-hybridized carbons (Fsp3) is 0.462. The van der Waals surface area contributed by atoms with Crippen LogP contribution in [0.5, 0.6) is 0 Å². The largest absolute Gasteiger partial charge is 0.359 e. The molecule has 0 saturated carbocycles. The minimum atomic E-state index is -1.00. The van der Waals surface area contributed by atoms with E-state index in [0.29, 0.717) is 55.3 Å². The molecule has 2 aromatic rings. The molecule has 0 amide bonds. The van der Waals surface area contributed by atoms with Gasteiger partial charge in [-0.1, -0.05) is 74.1 Å². The average Bonchev–Trinajstić information content (AvgIpc) is 3.50. The molecule has 0 saturated heterocycles. The molecule has 3 N–H and O–H groups in total. The Bertz CT molecular complexity index is 1850. The summed E-state index contributed by atoms with van der Waals surface area (Å²) in [6.45, 7) is 23.6. The molecule has 4 aliphatic carbocycles. The van der Waals surface area contributed by atoms with Crippen LogP contribution in [0.25, 0.3) is 0 Å². The van der Waals surface area contributed by atoms with Crippen LogP contribution in [0.4, 0.5) is 0 Å². The van der Waals surface area contributed by atoms with Crippen molar-refractivity contribution < 1.29 is 9.05 Å². The lowest BCUT2D eigenvalue weighted by Crippen LogP contribution is -2.62. The van der Waals surface area contributed by atoms with Gasteiger partial charge in [0.25, 0.3) is 0 Å². The second-order valence-corrected chi connectivity index (χ2v) is 14.4. The molecule has 5 aliphatic rings. The van der Waals surface area contributed by atoms with Crippen LogP contribution in [-0.4, -0.2) is 68.8 Å². The van der Waals surface area contributed by atoms with E-state index in [2.05, 4.69) is 96.7 Å². The number of rotatable bonds is 11. The van der Waals surface area contributed by atoms with Crippen LogP contribution in [0.2, 0.25) is 0 Å². The summed E-state index contributed by atoms with van der Waals surface area (Å²) in [6.07, 6.45) is 19.1. The third-order valence-corrected chi connectivity index (χ3v) is 11.5. The number of aliphatic imine (C=N–C) groups is 1. The Morgan fingerprint density at radius 1 is 0.979 bits per heavy atom. The van der Waals surface area contributed by atoms with Gasteiger partial charge in [0.05, 0.1) is 51.6 Å². The van der Waals surface area contributed by atoms with Crippen molar-refractivity contribution >= 4 is 11.4 Å². The maximum absolute atomic E-state index is 9.10. The number of hydrogen-bond acceptors (Lipinski definition) is 9. The smallest absolute Gasteiger partial charge is 0.163 e. The maximum atomic E-state index is 9.10. The van der Waals surface area contributed by atoms with E-state index in [1.165, 1.54) is 5.71 Å². The number of fused-ring (bicyclic) bond motifs is 4. The molecule has 6 atom stereocenters. The summed E-state index contributed by atoms with van der Waals surface area (Å²) in [6, 6.07) is -0.196. The van der Waals surface area contributed by atoms with Crippen LogP contribution in [0.3, 0.4) is 0 Å². The van der Waals surface area contributed by atoms with Crippen molar-refractivity contribution in [3.8, 4) is 0 Å².